The third-order valence-corrected chi connectivity index (χ3v) is 5.11. The molecule has 4 nitrogen and oxygen atoms in total. The molecular formula is C16H20BrNO3. The molecule has 21 heavy (non-hydrogen) atoms. The van der Waals surface area contributed by atoms with Crippen molar-refractivity contribution >= 4 is 21.8 Å². The number of halogens is 1. The van der Waals surface area contributed by atoms with Gasteiger partial charge in [0, 0.05) is 37.1 Å². The topological polar surface area (TPSA) is 58.6 Å². The number of ether oxygens (including phenoxy) is 1. The van der Waals surface area contributed by atoms with E-state index in [1.54, 1.807) is 0 Å². The summed E-state index contributed by atoms with van der Waals surface area (Å²) in [7, 11) is 0. The Bertz CT molecular complexity index is 519. The number of amides is 1. The maximum absolute atomic E-state index is 12.5. The van der Waals surface area contributed by atoms with E-state index in [1.807, 2.05) is 24.3 Å². The van der Waals surface area contributed by atoms with Crippen LogP contribution in [0.3, 0.4) is 0 Å². The van der Waals surface area contributed by atoms with Gasteiger partial charge < -0.3 is 15.2 Å². The van der Waals surface area contributed by atoms with Crippen LogP contribution in [0.1, 0.15) is 31.2 Å². The van der Waals surface area contributed by atoms with Crippen LogP contribution in [-0.4, -0.2) is 36.4 Å². The van der Waals surface area contributed by atoms with Gasteiger partial charge in [0.25, 0.3) is 0 Å². The van der Waals surface area contributed by atoms with Gasteiger partial charge in [-0.05, 0) is 30.5 Å². The molecule has 5 heteroatoms. The van der Waals surface area contributed by atoms with E-state index in [9.17, 15) is 9.90 Å². The molecule has 2 N–H and O–H groups in total. The minimum atomic E-state index is -0.816. The van der Waals surface area contributed by atoms with Crippen LogP contribution in [0.15, 0.2) is 28.7 Å². The first-order chi connectivity index (χ1) is 10.0. The highest BCUT2D eigenvalue weighted by Crippen LogP contribution is 2.48. The van der Waals surface area contributed by atoms with Crippen molar-refractivity contribution in [2.45, 2.75) is 36.7 Å². The monoisotopic (exact) mass is 353 g/mol. The average molecular weight is 354 g/mol. The maximum Gasteiger partial charge on any atom is 0.230 e. The molecule has 1 aromatic rings. The van der Waals surface area contributed by atoms with Gasteiger partial charge in [-0.1, -0.05) is 28.1 Å². The Kier molecular flexibility index (Phi) is 4.08. The van der Waals surface area contributed by atoms with Crippen LogP contribution in [0.5, 0.6) is 0 Å². The molecule has 0 aromatic heterocycles. The molecule has 0 unspecified atom stereocenters. The van der Waals surface area contributed by atoms with Crippen LogP contribution < -0.4 is 5.32 Å². The van der Waals surface area contributed by atoms with E-state index in [0.29, 0.717) is 32.6 Å². The van der Waals surface area contributed by atoms with Gasteiger partial charge in [-0.2, -0.15) is 0 Å². The maximum atomic E-state index is 12.5. The summed E-state index contributed by atoms with van der Waals surface area (Å²) in [6.07, 6.45) is 2.92. The summed E-state index contributed by atoms with van der Waals surface area (Å²) in [5.41, 5.74) is -0.145. The van der Waals surface area contributed by atoms with Crippen LogP contribution in [0, 0.1) is 0 Å². The molecule has 0 spiro atoms. The van der Waals surface area contributed by atoms with Crippen molar-refractivity contribution in [3.05, 3.63) is 34.3 Å². The number of hydrogen-bond donors (Lipinski definition) is 2. The van der Waals surface area contributed by atoms with Crippen molar-refractivity contribution in [3.8, 4) is 0 Å². The van der Waals surface area contributed by atoms with Crippen molar-refractivity contribution in [1.82, 2.24) is 5.32 Å². The van der Waals surface area contributed by atoms with Gasteiger partial charge >= 0.3 is 0 Å². The highest BCUT2D eigenvalue weighted by Gasteiger charge is 2.51. The summed E-state index contributed by atoms with van der Waals surface area (Å²) in [5, 5.41) is 13.4. The van der Waals surface area contributed by atoms with Gasteiger partial charge in [0.1, 0.15) is 0 Å². The van der Waals surface area contributed by atoms with Gasteiger partial charge in [0.2, 0.25) is 5.91 Å². The Balaban J connectivity index is 1.63. The SMILES string of the molecule is O=C(NCC1(O)CCOCC1)C1(c2ccc(Br)cc2)CC1. The molecule has 1 aliphatic heterocycles. The van der Waals surface area contributed by atoms with Crippen LogP contribution >= 0.6 is 15.9 Å². The Hall–Kier alpha value is -0.910. The van der Waals surface area contributed by atoms with E-state index < -0.39 is 5.60 Å². The predicted octanol–water partition coefficient (Wildman–Crippen LogP) is 2.14. The molecule has 1 amide bonds. The summed E-state index contributed by atoms with van der Waals surface area (Å²) in [6, 6.07) is 7.93. The van der Waals surface area contributed by atoms with Crippen LogP contribution in [0.4, 0.5) is 0 Å². The number of benzene rings is 1. The van der Waals surface area contributed by atoms with Gasteiger partial charge in [-0.15, -0.1) is 0 Å². The lowest BCUT2D eigenvalue weighted by atomic mass is 9.92. The first kappa shape index (κ1) is 15.0. The molecule has 3 rings (SSSR count). The smallest absolute Gasteiger partial charge is 0.230 e. The molecule has 1 heterocycles. The van der Waals surface area contributed by atoms with Crippen molar-refractivity contribution in [3.63, 3.8) is 0 Å². The summed E-state index contributed by atoms with van der Waals surface area (Å²) in [5.74, 6) is 0.0322. The number of hydrogen-bond acceptors (Lipinski definition) is 3. The molecule has 1 saturated heterocycles. The number of carbonyl (C=O) groups excluding carboxylic acids is 1. The summed E-state index contributed by atoms with van der Waals surface area (Å²) in [6.45, 7) is 1.43. The fourth-order valence-electron chi connectivity index (χ4n) is 2.88. The predicted molar refractivity (Wildman–Crippen MR) is 83.1 cm³/mol. The number of aliphatic hydroxyl groups is 1. The van der Waals surface area contributed by atoms with Gasteiger partial charge in [0.05, 0.1) is 11.0 Å². The van der Waals surface area contributed by atoms with Crippen molar-refractivity contribution in [2.24, 2.45) is 0 Å². The normalized spacial score (nSPS) is 22.6. The van der Waals surface area contributed by atoms with E-state index in [4.69, 9.17) is 4.74 Å². The Morgan fingerprint density at radius 3 is 2.38 bits per heavy atom. The molecule has 1 aliphatic carbocycles. The molecule has 0 radical (unpaired) electrons. The molecule has 1 saturated carbocycles. The summed E-state index contributed by atoms with van der Waals surface area (Å²) >= 11 is 3.41. The lowest BCUT2D eigenvalue weighted by Gasteiger charge is -2.32. The summed E-state index contributed by atoms with van der Waals surface area (Å²) < 4.78 is 6.27. The molecule has 2 fully saturated rings. The van der Waals surface area contributed by atoms with E-state index in [0.717, 1.165) is 22.9 Å². The zero-order chi connectivity index (χ0) is 14.9. The standard InChI is InChI=1S/C16H20BrNO3/c17-13-3-1-12(2-4-13)16(5-6-16)14(19)18-11-15(20)7-9-21-10-8-15/h1-4,20H,5-11H2,(H,18,19). The molecular weight excluding hydrogens is 334 g/mol. The molecule has 1 aromatic carbocycles. The number of rotatable bonds is 4. The minimum Gasteiger partial charge on any atom is -0.388 e. The molecule has 2 aliphatic rings. The van der Waals surface area contributed by atoms with Crippen molar-refractivity contribution in [2.75, 3.05) is 19.8 Å². The second kappa shape index (κ2) is 5.71. The van der Waals surface area contributed by atoms with Gasteiger partial charge in [-0.25, -0.2) is 0 Å². The average Bonchev–Trinajstić information content (AvgIpc) is 3.28. The van der Waals surface area contributed by atoms with Gasteiger partial charge in [-0.3, -0.25) is 4.79 Å². The first-order valence-electron chi connectivity index (χ1n) is 7.39. The van der Waals surface area contributed by atoms with E-state index in [2.05, 4.69) is 21.2 Å². The third-order valence-electron chi connectivity index (χ3n) is 4.58. The van der Waals surface area contributed by atoms with Crippen LogP contribution in [0.2, 0.25) is 0 Å². The van der Waals surface area contributed by atoms with Crippen LogP contribution in [0.25, 0.3) is 0 Å². The Labute approximate surface area is 133 Å². The van der Waals surface area contributed by atoms with Gasteiger partial charge in [0.15, 0.2) is 0 Å². The van der Waals surface area contributed by atoms with Crippen molar-refractivity contribution < 1.29 is 14.6 Å². The van der Waals surface area contributed by atoms with Crippen LogP contribution in [-0.2, 0) is 14.9 Å². The molecule has 0 atom stereocenters. The quantitative estimate of drug-likeness (QED) is 0.871. The zero-order valence-electron chi connectivity index (χ0n) is 11.9. The second-order valence-electron chi connectivity index (χ2n) is 6.11. The van der Waals surface area contributed by atoms with E-state index >= 15 is 0 Å². The number of carbonyl (C=O) groups is 1. The minimum absolute atomic E-state index is 0.0322. The van der Waals surface area contributed by atoms with Crippen molar-refractivity contribution in [1.29, 1.82) is 0 Å². The molecule has 114 valence electrons. The second-order valence-corrected chi connectivity index (χ2v) is 7.02. The summed E-state index contributed by atoms with van der Waals surface area (Å²) in [4.78, 5) is 12.5. The zero-order valence-corrected chi connectivity index (χ0v) is 13.5. The first-order valence-corrected chi connectivity index (χ1v) is 8.18. The fourth-order valence-corrected chi connectivity index (χ4v) is 3.15. The lowest BCUT2D eigenvalue weighted by molar-refractivity contribution is -0.126. The highest BCUT2D eigenvalue weighted by molar-refractivity contribution is 9.10. The molecule has 0 bridgehead atoms. The Morgan fingerprint density at radius 1 is 1.19 bits per heavy atom. The Morgan fingerprint density at radius 2 is 1.81 bits per heavy atom. The highest BCUT2D eigenvalue weighted by atomic mass is 79.9. The largest absolute Gasteiger partial charge is 0.388 e. The fraction of sp³-hybridized carbons (Fsp3) is 0.562. The van der Waals surface area contributed by atoms with E-state index in [1.165, 1.54) is 0 Å². The van der Waals surface area contributed by atoms with E-state index in [-0.39, 0.29) is 11.3 Å². The third kappa shape index (κ3) is 3.15. The number of nitrogens with one attached hydrogen (secondary N) is 1. The lowest BCUT2D eigenvalue weighted by Crippen LogP contribution is -2.48.